The van der Waals surface area contributed by atoms with E-state index in [1.807, 2.05) is 31.2 Å². The molecule has 7 heteroatoms. The van der Waals surface area contributed by atoms with Gasteiger partial charge in [0, 0.05) is 18.3 Å². The number of carbonyl (C=O) groups is 1. The van der Waals surface area contributed by atoms with Crippen molar-refractivity contribution in [3.63, 3.8) is 0 Å². The number of nitro benzene ring substituents is 1. The number of nitrogens with one attached hydrogen (secondary N) is 2. The quantitative estimate of drug-likeness (QED) is 0.615. The molecule has 0 aliphatic rings. The van der Waals surface area contributed by atoms with E-state index < -0.39 is 11.0 Å². The summed E-state index contributed by atoms with van der Waals surface area (Å²) in [5.41, 5.74) is 2.73. The summed E-state index contributed by atoms with van der Waals surface area (Å²) in [7, 11) is 0. The first kappa shape index (κ1) is 17.3. The zero-order valence-electron chi connectivity index (χ0n) is 13.5. The molecule has 2 aromatic rings. The van der Waals surface area contributed by atoms with E-state index in [0.29, 0.717) is 12.2 Å². The average Bonchev–Trinajstić information content (AvgIpc) is 2.55. The van der Waals surface area contributed by atoms with Crippen LogP contribution < -0.4 is 10.6 Å². The highest BCUT2D eigenvalue weighted by atomic mass is 16.6. The van der Waals surface area contributed by atoms with E-state index in [1.54, 1.807) is 13.0 Å². The topological polar surface area (TPSA) is 93.5 Å². The molecule has 2 rings (SSSR count). The Kier molecular flexibility index (Phi) is 5.73. The second-order valence-corrected chi connectivity index (χ2v) is 5.17. The van der Waals surface area contributed by atoms with Crippen LogP contribution in [0, 0.1) is 17.0 Å². The number of amides is 1. The molecule has 0 fully saturated rings. The Morgan fingerprint density at radius 3 is 2.54 bits per heavy atom. The van der Waals surface area contributed by atoms with Gasteiger partial charge in [0.15, 0.2) is 0 Å². The first-order valence-corrected chi connectivity index (χ1v) is 7.51. The van der Waals surface area contributed by atoms with E-state index in [0.717, 1.165) is 5.56 Å². The lowest BCUT2D eigenvalue weighted by molar-refractivity contribution is -0.383. The molecule has 0 aromatic heterocycles. The Morgan fingerprint density at radius 2 is 1.92 bits per heavy atom. The number of ether oxygens (including phenoxy) is 1. The van der Waals surface area contributed by atoms with Crippen LogP contribution in [0.2, 0.25) is 0 Å². The second kappa shape index (κ2) is 7.96. The molecule has 0 heterocycles. The van der Waals surface area contributed by atoms with E-state index in [9.17, 15) is 14.9 Å². The number of rotatable bonds is 6. The molecule has 0 saturated heterocycles. The van der Waals surface area contributed by atoms with Gasteiger partial charge in [-0.2, -0.15) is 0 Å². The van der Waals surface area contributed by atoms with Crippen molar-refractivity contribution in [3.8, 4) is 0 Å². The maximum absolute atomic E-state index is 11.4. The van der Waals surface area contributed by atoms with Crippen molar-refractivity contribution in [2.24, 2.45) is 0 Å². The van der Waals surface area contributed by atoms with E-state index in [-0.39, 0.29) is 18.0 Å². The highest BCUT2D eigenvalue weighted by Crippen LogP contribution is 2.28. The molecule has 0 spiro atoms. The maximum atomic E-state index is 11.4. The number of aryl methyl sites for hydroxylation is 1. The van der Waals surface area contributed by atoms with Crippen LogP contribution in [0.1, 0.15) is 18.1 Å². The molecule has 2 N–H and O–H groups in total. The molecule has 0 saturated carbocycles. The van der Waals surface area contributed by atoms with Gasteiger partial charge in [0.25, 0.3) is 5.69 Å². The molecule has 0 bridgehead atoms. The van der Waals surface area contributed by atoms with Crippen molar-refractivity contribution in [2.45, 2.75) is 20.4 Å². The van der Waals surface area contributed by atoms with Crippen molar-refractivity contribution in [2.75, 3.05) is 17.2 Å². The van der Waals surface area contributed by atoms with Crippen molar-refractivity contribution < 1.29 is 14.5 Å². The Morgan fingerprint density at radius 1 is 1.21 bits per heavy atom. The zero-order chi connectivity index (χ0) is 17.5. The third-order valence-electron chi connectivity index (χ3n) is 3.32. The van der Waals surface area contributed by atoms with Gasteiger partial charge < -0.3 is 10.1 Å². The van der Waals surface area contributed by atoms with E-state index >= 15 is 0 Å². The molecule has 0 aliphatic heterocycles. The van der Waals surface area contributed by atoms with E-state index in [2.05, 4.69) is 10.6 Å². The molecular formula is C17H19N3O4. The number of anilines is 2. The van der Waals surface area contributed by atoms with Crippen LogP contribution in [0.4, 0.5) is 21.9 Å². The molecule has 1 amide bonds. The van der Waals surface area contributed by atoms with Gasteiger partial charge in [0.05, 0.1) is 11.5 Å². The highest BCUT2D eigenvalue weighted by molar-refractivity contribution is 5.88. The minimum absolute atomic E-state index is 0.0966. The van der Waals surface area contributed by atoms with Gasteiger partial charge in [0.2, 0.25) is 0 Å². The van der Waals surface area contributed by atoms with E-state index in [4.69, 9.17) is 4.74 Å². The van der Waals surface area contributed by atoms with Gasteiger partial charge in [0.1, 0.15) is 5.69 Å². The van der Waals surface area contributed by atoms with Crippen LogP contribution in [0.25, 0.3) is 0 Å². The van der Waals surface area contributed by atoms with E-state index in [1.165, 1.54) is 17.7 Å². The lowest BCUT2D eigenvalue weighted by Crippen LogP contribution is -2.14. The Bertz CT molecular complexity index is 729. The first-order valence-electron chi connectivity index (χ1n) is 7.51. The fourth-order valence-electron chi connectivity index (χ4n) is 2.09. The first-order chi connectivity index (χ1) is 11.5. The van der Waals surface area contributed by atoms with Crippen molar-refractivity contribution in [1.82, 2.24) is 0 Å². The SMILES string of the molecule is CCOC(=O)Nc1ccc(NCc2ccc(C)cc2)cc1[N+](=O)[O-]. The fourth-order valence-corrected chi connectivity index (χ4v) is 2.09. The van der Waals surface area contributed by atoms with Gasteiger partial charge in [-0.1, -0.05) is 29.8 Å². The van der Waals surface area contributed by atoms with Crippen molar-refractivity contribution >= 4 is 23.2 Å². The minimum Gasteiger partial charge on any atom is -0.450 e. The van der Waals surface area contributed by atoms with Crippen LogP contribution in [0.15, 0.2) is 42.5 Å². The zero-order valence-corrected chi connectivity index (χ0v) is 13.5. The summed E-state index contributed by atoms with van der Waals surface area (Å²) in [4.78, 5) is 22.1. The summed E-state index contributed by atoms with van der Waals surface area (Å²) >= 11 is 0. The predicted molar refractivity (Wildman–Crippen MR) is 92.2 cm³/mol. The number of benzene rings is 2. The van der Waals surface area contributed by atoms with Gasteiger partial charge >= 0.3 is 6.09 Å². The summed E-state index contributed by atoms with van der Waals surface area (Å²) in [6, 6.07) is 12.5. The average molecular weight is 329 g/mol. The second-order valence-electron chi connectivity index (χ2n) is 5.17. The van der Waals surface area contributed by atoms with Crippen molar-refractivity contribution in [1.29, 1.82) is 0 Å². The molecule has 24 heavy (non-hydrogen) atoms. The standard InChI is InChI=1S/C17H19N3O4/c1-3-24-17(21)19-15-9-8-14(10-16(15)20(22)23)18-11-13-6-4-12(2)5-7-13/h4-10,18H,3,11H2,1-2H3,(H,19,21). The number of nitrogens with zero attached hydrogens (tertiary/aromatic N) is 1. The highest BCUT2D eigenvalue weighted by Gasteiger charge is 2.17. The largest absolute Gasteiger partial charge is 0.450 e. The van der Waals surface area contributed by atoms with Gasteiger partial charge in [-0.15, -0.1) is 0 Å². The normalized spacial score (nSPS) is 10.1. The summed E-state index contributed by atoms with van der Waals surface area (Å²) in [5.74, 6) is 0. The van der Waals surface area contributed by atoms with Crippen LogP contribution in [-0.2, 0) is 11.3 Å². The lowest BCUT2D eigenvalue weighted by atomic mass is 10.1. The Balaban J connectivity index is 2.11. The number of carbonyl (C=O) groups excluding carboxylic acids is 1. The van der Waals surface area contributed by atoms with Crippen LogP contribution in [0.3, 0.4) is 0 Å². The molecule has 126 valence electrons. The lowest BCUT2D eigenvalue weighted by Gasteiger charge is -2.10. The molecule has 2 aromatic carbocycles. The molecule has 0 atom stereocenters. The van der Waals surface area contributed by atoms with Crippen LogP contribution in [-0.4, -0.2) is 17.6 Å². The van der Waals surface area contributed by atoms with Gasteiger partial charge in [-0.3, -0.25) is 15.4 Å². The molecular weight excluding hydrogens is 310 g/mol. The van der Waals surface area contributed by atoms with Crippen molar-refractivity contribution in [3.05, 3.63) is 63.7 Å². The molecule has 7 nitrogen and oxygen atoms in total. The Hall–Kier alpha value is -3.09. The minimum atomic E-state index is -0.721. The van der Waals surface area contributed by atoms with Crippen LogP contribution in [0.5, 0.6) is 0 Å². The number of hydrogen-bond donors (Lipinski definition) is 2. The van der Waals surface area contributed by atoms with Gasteiger partial charge in [-0.25, -0.2) is 4.79 Å². The molecule has 0 aliphatic carbocycles. The summed E-state index contributed by atoms with van der Waals surface area (Å²) in [6.07, 6.45) is -0.721. The number of nitro groups is 1. The smallest absolute Gasteiger partial charge is 0.411 e. The predicted octanol–water partition coefficient (Wildman–Crippen LogP) is 4.08. The van der Waals surface area contributed by atoms with Gasteiger partial charge in [-0.05, 0) is 31.5 Å². The Labute approximate surface area is 139 Å². The third kappa shape index (κ3) is 4.70. The third-order valence-corrected chi connectivity index (χ3v) is 3.32. The maximum Gasteiger partial charge on any atom is 0.411 e. The van der Waals surface area contributed by atoms with Crippen LogP contribution >= 0.6 is 0 Å². The number of hydrogen-bond acceptors (Lipinski definition) is 5. The summed E-state index contributed by atoms with van der Waals surface area (Å²) in [5, 5.41) is 16.7. The molecule has 0 radical (unpaired) electrons. The fraction of sp³-hybridized carbons (Fsp3) is 0.235. The molecule has 0 unspecified atom stereocenters. The monoisotopic (exact) mass is 329 g/mol. The summed E-state index contributed by atoms with van der Waals surface area (Å²) in [6.45, 7) is 4.40. The summed E-state index contributed by atoms with van der Waals surface area (Å²) < 4.78 is 4.74.